The van der Waals surface area contributed by atoms with Crippen LogP contribution in [-0.2, 0) is 19.4 Å². The first kappa shape index (κ1) is 11.2. The van der Waals surface area contributed by atoms with Gasteiger partial charge in [0, 0.05) is 19.1 Å². The van der Waals surface area contributed by atoms with E-state index in [2.05, 4.69) is 54.3 Å². The Morgan fingerprint density at radius 1 is 0.947 bits per heavy atom. The number of hydrogen-bond acceptors (Lipinski definition) is 1. The molecule has 2 heterocycles. The summed E-state index contributed by atoms with van der Waals surface area (Å²) in [5.41, 5.74) is 7.70. The number of nitrogens with zero attached hydrogens (tertiary/aromatic N) is 1. The number of aryl methyl sites for hydroxylation is 1. The maximum Gasteiger partial charge on any atom is 0.0397 e. The monoisotopic (exact) mass is 249 g/mol. The first-order valence-corrected chi connectivity index (χ1v) is 7.22. The van der Waals surface area contributed by atoms with Crippen LogP contribution in [0.3, 0.4) is 0 Å². The van der Waals surface area contributed by atoms with Crippen molar-refractivity contribution in [2.45, 2.75) is 32.4 Å². The highest BCUT2D eigenvalue weighted by molar-refractivity contribution is 5.42. The topological polar surface area (TPSA) is 3.24 Å². The Balaban J connectivity index is 1.82. The first-order chi connectivity index (χ1) is 9.33. The molecular weight excluding hydrogens is 230 g/mol. The molecule has 0 amide bonds. The molecule has 0 radical (unpaired) electrons. The Morgan fingerprint density at radius 3 is 2.63 bits per heavy atom. The molecule has 0 bridgehead atoms. The Labute approximate surface area is 114 Å². The fraction of sp³-hybridized carbons (Fsp3) is 0.333. The van der Waals surface area contributed by atoms with Gasteiger partial charge in [0.1, 0.15) is 0 Å². The minimum absolute atomic E-state index is 0.597. The van der Waals surface area contributed by atoms with Gasteiger partial charge in [0.25, 0.3) is 0 Å². The predicted octanol–water partition coefficient (Wildman–Crippen LogP) is 3.65. The van der Waals surface area contributed by atoms with Crippen LogP contribution in [0.4, 0.5) is 0 Å². The van der Waals surface area contributed by atoms with Gasteiger partial charge in [0.05, 0.1) is 0 Å². The highest BCUT2D eigenvalue weighted by Crippen LogP contribution is 2.39. The van der Waals surface area contributed by atoms with Crippen LogP contribution < -0.4 is 0 Å². The molecule has 19 heavy (non-hydrogen) atoms. The normalized spacial score (nSPS) is 21.4. The van der Waals surface area contributed by atoms with Crippen LogP contribution in [0.2, 0.25) is 0 Å². The van der Waals surface area contributed by atoms with E-state index in [0.717, 1.165) is 6.54 Å². The van der Waals surface area contributed by atoms with Crippen molar-refractivity contribution < 1.29 is 0 Å². The number of rotatable bonds is 0. The van der Waals surface area contributed by atoms with Gasteiger partial charge in [-0.25, -0.2) is 0 Å². The maximum atomic E-state index is 2.66. The average Bonchev–Trinajstić information content (AvgIpc) is 2.45. The quantitative estimate of drug-likeness (QED) is 0.689. The van der Waals surface area contributed by atoms with Crippen molar-refractivity contribution in [3.63, 3.8) is 0 Å². The maximum absolute atomic E-state index is 2.66. The summed E-state index contributed by atoms with van der Waals surface area (Å²) >= 11 is 0. The zero-order valence-electron chi connectivity index (χ0n) is 11.4. The molecule has 0 N–H and O–H groups in total. The predicted molar refractivity (Wildman–Crippen MR) is 78.2 cm³/mol. The Kier molecular flexibility index (Phi) is 2.49. The first-order valence-electron chi connectivity index (χ1n) is 7.22. The van der Waals surface area contributed by atoms with E-state index in [1.807, 2.05) is 0 Å². The summed E-state index contributed by atoms with van der Waals surface area (Å²) in [7, 11) is 0. The van der Waals surface area contributed by atoms with Crippen LogP contribution >= 0.6 is 0 Å². The third-order valence-electron chi connectivity index (χ3n) is 4.76. The molecule has 4 rings (SSSR count). The lowest BCUT2D eigenvalue weighted by atomic mass is 9.82. The van der Waals surface area contributed by atoms with Crippen molar-refractivity contribution >= 4 is 0 Å². The van der Waals surface area contributed by atoms with Gasteiger partial charge in [-0.05, 0) is 47.6 Å². The van der Waals surface area contributed by atoms with E-state index < -0.39 is 0 Å². The Morgan fingerprint density at radius 2 is 1.74 bits per heavy atom. The number of benzene rings is 2. The van der Waals surface area contributed by atoms with Crippen molar-refractivity contribution in [3.05, 3.63) is 70.3 Å². The molecule has 0 aromatic heterocycles. The van der Waals surface area contributed by atoms with Crippen molar-refractivity contribution in [1.29, 1.82) is 0 Å². The van der Waals surface area contributed by atoms with Gasteiger partial charge in [0.15, 0.2) is 0 Å². The second-order valence-corrected chi connectivity index (χ2v) is 5.86. The fourth-order valence-corrected chi connectivity index (χ4v) is 3.80. The van der Waals surface area contributed by atoms with Gasteiger partial charge in [-0.2, -0.15) is 0 Å². The summed E-state index contributed by atoms with van der Waals surface area (Å²) in [6, 6.07) is 16.3. The highest BCUT2D eigenvalue weighted by Gasteiger charge is 2.32. The molecule has 0 saturated carbocycles. The zero-order valence-corrected chi connectivity index (χ0v) is 11.4. The molecule has 2 aromatic carbocycles. The lowest BCUT2D eigenvalue weighted by molar-refractivity contribution is 0.160. The van der Waals surface area contributed by atoms with Crippen LogP contribution in [0.5, 0.6) is 0 Å². The third-order valence-corrected chi connectivity index (χ3v) is 4.76. The van der Waals surface area contributed by atoms with Crippen LogP contribution in [0.15, 0.2) is 42.5 Å². The second kappa shape index (κ2) is 4.21. The molecule has 1 heteroatoms. The number of hydrogen-bond donors (Lipinski definition) is 0. The molecule has 2 aliphatic heterocycles. The lowest BCUT2D eigenvalue weighted by Crippen LogP contribution is -2.39. The molecule has 96 valence electrons. The van der Waals surface area contributed by atoms with E-state index in [9.17, 15) is 0 Å². The molecular formula is C18H19N. The van der Waals surface area contributed by atoms with Gasteiger partial charge >= 0.3 is 0 Å². The van der Waals surface area contributed by atoms with Crippen molar-refractivity contribution in [2.75, 3.05) is 6.54 Å². The SMILES string of the molecule is Cc1cccc2c1C1Cc3ccccc3CN1CC2. The smallest absolute Gasteiger partial charge is 0.0397 e. The van der Waals surface area contributed by atoms with Gasteiger partial charge < -0.3 is 0 Å². The molecule has 1 unspecified atom stereocenters. The van der Waals surface area contributed by atoms with E-state index in [0.29, 0.717) is 6.04 Å². The molecule has 1 nitrogen and oxygen atoms in total. The molecule has 0 fully saturated rings. The fourth-order valence-electron chi connectivity index (χ4n) is 3.80. The minimum Gasteiger partial charge on any atom is -0.291 e. The molecule has 2 aliphatic rings. The molecule has 0 aliphatic carbocycles. The molecule has 2 aromatic rings. The van der Waals surface area contributed by atoms with Gasteiger partial charge in [-0.3, -0.25) is 4.90 Å². The van der Waals surface area contributed by atoms with Crippen LogP contribution in [0, 0.1) is 6.92 Å². The summed E-state index contributed by atoms with van der Waals surface area (Å²) in [5, 5.41) is 0. The van der Waals surface area contributed by atoms with E-state index in [4.69, 9.17) is 0 Å². The number of fused-ring (bicyclic) bond motifs is 4. The molecule has 0 spiro atoms. The Hall–Kier alpha value is -1.60. The average molecular weight is 249 g/mol. The van der Waals surface area contributed by atoms with Gasteiger partial charge in [-0.15, -0.1) is 0 Å². The zero-order chi connectivity index (χ0) is 12.8. The molecule has 1 atom stereocenters. The van der Waals surface area contributed by atoms with Crippen molar-refractivity contribution in [3.8, 4) is 0 Å². The summed E-state index contributed by atoms with van der Waals surface area (Å²) in [4.78, 5) is 2.66. The largest absolute Gasteiger partial charge is 0.291 e. The second-order valence-electron chi connectivity index (χ2n) is 5.86. The molecule has 0 saturated heterocycles. The summed E-state index contributed by atoms with van der Waals surface area (Å²) in [5.74, 6) is 0. The lowest BCUT2D eigenvalue weighted by Gasteiger charge is -2.42. The Bertz CT molecular complexity index is 629. The summed E-state index contributed by atoms with van der Waals surface area (Å²) < 4.78 is 0. The minimum atomic E-state index is 0.597. The van der Waals surface area contributed by atoms with Gasteiger partial charge in [0.2, 0.25) is 0 Å². The highest BCUT2D eigenvalue weighted by atomic mass is 15.2. The van der Waals surface area contributed by atoms with Crippen LogP contribution in [0.25, 0.3) is 0 Å². The van der Waals surface area contributed by atoms with Crippen molar-refractivity contribution in [2.24, 2.45) is 0 Å². The van der Waals surface area contributed by atoms with E-state index in [1.54, 1.807) is 16.7 Å². The van der Waals surface area contributed by atoms with Crippen molar-refractivity contribution in [1.82, 2.24) is 4.90 Å². The summed E-state index contributed by atoms with van der Waals surface area (Å²) in [6.45, 7) is 4.59. The standard InChI is InChI=1S/C18H19N/c1-13-5-4-8-14-9-10-19-12-16-7-3-2-6-15(16)11-17(19)18(13)14/h2-8,17H,9-12H2,1H3. The van der Waals surface area contributed by atoms with E-state index >= 15 is 0 Å². The van der Waals surface area contributed by atoms with E-state index in [-0.39, 0.29) is 0 Å². The summed E-state index contributed by atoms with van der Waals surface area (Å²) in [6.07, 6.45) is 2.38. The van der Waals surface area contributed by atoms with Crippen LogP contribution in [0.1, 0.15) is 33.9 Å². The van der Waals surface area contributed by atoms with Gasteiger partial charge in [-0.1, -0.05) is 42.5 Å². The van der Waals surface area contributed by atoms with Crippen LogP contribution in [-0.4, -0.2) is 11.4 Å². The van der Waals surface area contributed by atoms with E-state index in [1.165, 1.54) is 30.5 Å². The third kappa shape index (κ3) is 1.73.